The molecule has 1 aromatic heterocycles. The highest BCUT2D eigenvalue weighted by atomic mass is 16.1. The van der Waals surface area contributed by atoms with Gasteiger partial charge in [-0.05, 0) is 25.5 Å². The topological polar surface area (TPSA) is 99.1 Å². The quantitative estimate of drug-likeness (QED) is 0.560. The first-order chi connectivity index (χ1) is 9.49. The Morgan fingerprint density at radius 2 is 1.95 bits per heavy atom. The molecular formula is C15H23N3O2. The Morgan fingerprint density at radius 3 is 2.55 bits per heavy atom. The van der Waals surface area contributed by atoms with Gasteiger partial charge in [0, 0.05) is 24.1 Å². The second-order valence-electron chi connectivity index (χ2n) is 5.16. The van der Waals surface area contributed by atoms with Gasteiger partial charge in [0.1, 0.15) is 5.82 Å². The number of anilines is 1. The van der Waals surface area contributed by atoms with Gasteiger partial charge in [-0.15, -0.1) is 0 Å². The Hall–Kier alpha value is -1.75. The van der Waals surface area contributed by atoms with E-state index in [1.807, 2.05) is 0 Å². The highest BCUT2D eigenvalue weighted by Gasteiger charge is 2.21. The van der Waals surface area contributed by atoms with Crippen molar-refractivity contribution < 1.29 is 9.59 Å². The molecule has 5 nitrogen and oxygen atoms in total. The number of nitrogens with zero attached hydrogens (tertiary/aromatic N) is 1. The minimum atomic E-state index is -0.180. The summed E-state index contributed by atoms with van der Waals surface area (Å²) in [6.45, 7) is 4.23. The van der Waals surface area contributed by atoms with Crippen molar-refractivity contribution in [2.24, 2.45) is 11.7 Å². The third-order valence-corrected chi connectivity index (χ3v) is 3.16. The molecule has 0 bridgehead atoms. The number of hydrogen-bond acceptors (Lipinski definition) is 5. The van der Waals surface area contributed by atoms with Crippen molar-refractivity contribution in [1.82, 2.24) is 4.98 Å². The predicted octanol–water partition coefficient (Wildman–Crippen LogP) is 2.20. The summed E-state index contributed by atoms with van der Waals surface area (Å²) in [6, 6.07) is 1.58. The van der Waals surface area contributed by atoms with Gasteiger partial charge in [0.2, 0.25) is 0 Å². The van der Waals surface area contributed by atoms with E-state index in [0.717, 1.165) is 19.3 Å². The van der Waals surface area contributed by atoms with Gasteiger partial charge in [-0.3, -0.25) is 9.59 Å². The maximum Gasteiger partial charge on any atom is 0.167 e. The molecule has 0 fully saturated rings. The van der Waals surface area contributed by atoms with E-state index in [9.17, 15) is 9.59 Å². The summed E-state index contributed by atoms with van der Waals surface area (Å²) < 4.78 is 0. The average molecular weight is 277 g/mol. The van der Waals surface area contributed by atoms with E-state index >= 15 is 0 Å². The lowest BCUT2D eigenvalue weighted by molar-refractivity contribution is 0.0920. The van der Waals surface area contributed by atoms with E-state index in [1.54, 1.807) is 19.9 Å². The zero-order valence-electron chi connectivity index (χ0n) is 12.2. The number of ketones is 2. The fourth-order valence-corrected chi connectivity index (χ4v) is 2.02. The fraction of sp³-hybridized carbons (Fsp3) is 0.533. The second kappa shape index (κ2) is 7.75. The van der Waals surface area contributed by atoms with Crippen LogP contribution in [0.4, 0.5) is 5.82 Å². The van der Waals surface area contributed by atoms with Crippen LogP contribution in [0.25, 0.3) is 0 Å². The summed E-state index contributed by atoms with van der Waals surface area (Å²) in [4.78, 5) is 28.4. The van der Waals surface area contributed by atoms with Crippen LogP contribution in [0.5, 0.6) is 0 Å². The van der Waals surface area contributed by atoms with Gasteiger partial charge in [0.25, 0.3) is 0 Å². The normalized spacial score (nSPS) is 10.8. The first-order valence-electron chi connectivity index (χ1n) is 7.01. The third-order valence-electron chi connectivity index (χ3n) is 3.16. The number of aromatic nitrogens is 1. The second-order valence-corrected chi connectivity index (χ2v) is 5.16. The van der Waals surface area contributed by atoms with Gasteiger partial charge >= 0.3 is 0 Å². The smallest absolute Gasteiger partial charge is 0.167 e. The third kappa shape index (κ3) is 4.13. The van der Waals surface area contributed by atoms with E-state index in [1.165, 1.54) is 6.20 Å². The summed E-state index contributed by atoms with van der Waals surface area (Å²) in [6.07, 6.45) is 4.38. The Labute approximate surface area is 119 Å². The van der Waals surface area contributed by atoms with Gasteiger partial charge in [-0.1, -0.05) is 20.3 Å². The molecule has 0 saturated heterocycles. The lowest BCUT2D eigenvalue weighted by atomic mass is 9.93. The molecule has 1 rings (SSSR count). The van der Waals surface area contributed by atoms with Gasteiger partial charge in [0.05, 0.1) is 5.56 Å². The maximum atomic E-state index is 12.3. The van der Waals surface area contributed by atoms with Crippen LogP contribution < -0.4 is 11.5 Å². The number of rotatable bonds is 8. The van der Waals surface area contributed by atoms with Gasteiger partial charge in [0.15, 0.2) is 11.6 Å². The van der Waals surface area contributed by atoms with Crippen molar-refractivity contribution in [2.45, 2.75) is 39.5 Å². The number of carbonyl (C=O) groups is 2. The van der Waals surface area contributed by atoms with Crippen LogP contribution in [0.1, 0.15) is 60.2 Å². The van der Waals surface area contributed by atoms with Gasteiger partial charge < -0.3 is 11.5 Å². The molecular weight excluding hydrogens is 254 g/mol. The Kier molecular flexibility index (Phi) is 6.31. The number of carbonyl (C=O) groups excluding carboxylic acids is 2. The fourth-order valence-electron chi connectivity index (χ4n) is 2.02. The largest absolute Gasteiger partial charge is 0.383 e. The predicted molar refractivity (Wildman–Crippen MR) is 79.7 cm³/mol. The van der Waals surface area contributed by atoms with Gasteiger partial charge in [-0.2, -0.15) is 0 Å². The Balaban J connectivity index is 2.92. The number of hydrogen-bond donors (Lipinski definition) is 2. The molecule has 1 heterocycles. The van der Waals surface area contributed by atoms with Crippen LogP contribution in [0, 0.1) is 5.92 Å². The van der Waals surface area contributed by atoms with Crippen molar-refractivity contribution >= 4 is 17.4 Å². The lowest BCUT2D eigenvalue weighted by Crippen LogP contribution is -2.16. The number of unbranched alkanes of at least 4 members (excludes halogenated alkanes) is 2. The van der Waals surface area contributed by atoms with Crippen LogP contribution in [-0.2, 0) is 0 Å². The molecule has 20 heavy (non-hydrogen) atoms. The van der Waals surface area contributed by atoms with Gasteiger partial charge in [-0.25, -0.2) is 4.98 Å². The summed E-state index contributed by atoms with van der Waals surface area (Å²) in [7, 11) is 0. The minimum Gasteiger partial charge on any atom is -0.383 e. The summed E-state index contributed by atoms with van der Waals surface area (Å²) >= 11 is 0. The minimum absolute atomic E-state index is 0.0793. The number of pyridine rings is 1. The Morgan fingerprint density at radius 1 is 1.25 bits per heavy atom. The van der Waals surface area contributed by atoms with Crippen molar-refractivity contribution in [3.63, 3.8) is 0 Å². The van der Waals surface area contributed by atoms with E-state index in [2.05, 4.69) is 4.98 Å². The first kappa shape index (κ1) is 16.3. The first-order valence-corrected chi connectivity index (χ1v) is 7.01. The van der Waals surface area contributed by atoms with E-state index in [4.69, 9.17) is 11.5 Å². The van der Waals surface area contributed by atoms with E-state index in [0.29, 0.717) is 18.5 Å². The number of nitrogens with two attached hydrogens (primary N) is 2. The number of nitrogen functional groups attached to an aromatic ring is 1. The molecule has 5 heteroatoms. The molecule has 0 unspecified atom stereocenters. The van der Waals surface area contributed by atoms with E-state index < -0.39 is 0 Å². The molecule has 1 aromatic rings. The van der Waals surface area contributed by atoms with Crippen LogP contribution in [0.2, 0.25) is 0 Å². The molecule has 0 saturated carbocycles. The molecule has 0 atom stereocenters. The van der Waals surface area contributed by atoms with Crippen molar-refractivity contribution in [3.8, 4) is 0 Å². The molecule has 4 N–H and O–H groups in total. The van der Waals surface area contributed by atoms with Crippen molar-refractivity contribution in [3.05, 3.63) is 23.4 Å². The zero-order valence-corrected chi connectivity index (χ0v) is 12.2. The molecule has 0 aliphatic rings. The lowest BCUT2D eigenvalue weighted by Gasteiger charge is -2.11. The van der Waals surface area contributed by atoms with Crippen molar-refractivity contribution in [1.29, 1.82) is 0 Å². The molecule has 110 valence electrons. The monoisotopic (exact) mass is 277 g/mol. The summed E-state index contributed by atoms with van der Waals surface area (Å²) in [5, 5.41) is 0. The average Bonchev–Trinajstić information content (AvgIpc) is 2.42. The molecule has 0 aliphatic heterocycles. The Bertz CT molecular complexity index is 484. The van der Waals surface area contributed by atoms with Crippen molar-refractivity contribution in [2.75, 3.05) is 12.3 Å². The van der Waals surface area contributed by atoms with Crippen LogP contribution in [0.3, 0.4) is 0 Å². The SMILES string of the molecule is CC(C)C(=O)c1ccnc(N)c1C(=O)CCCCCN. The molecule has 0 aliphatic carbocycles. The zero-order chi connectivity index (χ0) is 15.1. The van der Waals surface area contributed by atoms with Crippen LogP contribution in [-0.4, -0.2) is 23.1 Å². The molecule has 0 radical (unpaired) electrons. The molecule has 0 spiro atoms. The summed E-state index contributed by atoms with van der Waals surface area (Å²) in [5.74, 6) is -0.234. The standard InChI is InChI=1S/C15H23N3O2/c1-10(2)14(20)11-7-9-18-15(17)13(11)12(19)6-4-3-5-8-16/h7,9-10H,3-6,8,16H2,1-2H3,(H2,17,18). The highest BCUT2D eigenvalue weighted by Crippen LogP contribution is 2.21. The van der Waals surface area contributed by atoms with Crippen LogP contribution >= 0.6 is 0 Å². The van der Waals surface area contributed by atoms with E-state index in [-0.39, 0.29) is 28.9 Å². The summed E-state index contributed by atoms with van der Waals surface area (Å²) in [5.41, 5.74) is 11.9. The molecule has 0 aromatic carbocycles. The number of Topliss-reactive ketones (excluding diaryl/α,β-unsaturated/α-hetero) is 2. The molecule has 0 amide bonds. The highest BCUT2D eigenvalue weighted by molar-refractivity contribution is 6.11. The maximum absolute atomic E-state index is 12.3. The van der Waals surface area contributed by atoms with Crippen LogP contribution in [0.15, 0.2) is 12.3 Å².